The Morgan fingerprint density at radius 3 is 1.05 bits per heavy atom. The molecule has 0 bridgehead atoms. The molecule has 0 aliphatic heterocycles. The van der Waals surface area contributed by atoms with Crippen LogP contribution in [0.1, 0.15) is 0 Å². The summed E-state index contributed by atoms with van der Waals surface area (Å²) in [6, 6.07) is 0. The summed E-state index contributed by atoms with van der Waals surface area (Å²) in [5.41, 5.74) is 10.6. The predicted octanol–water partition coefficient (Wildman–Crippen LogP) is -2.14. The van der Waals surface area contributed by atoms with Crippen molar-refractivity contribution in [3.63, 3.8) is 0 Å². The Morgan fingerprint density at radius 2 is 0.842 bits per heavy atom. The van der Waals surface area contributed by atoms with Crippen LogP contribution in [0.2, 0.25) is 0 Å². The molecule has 0 fully saturated rings. The van der Waals surface area contributed by atoms with E-state index in [1.165, 1.54) is 0 Å². The van der Waals surface area contributed by atoms with Gasteiger partial charge in [-0.25, -0.2) is 0 Å². The Bertz CT molecular complexity index is 141. The zero-order valence-electron chi connectivity index (χ0n) is 10.8. The molecule has 0 atom stereocenters. The normalized spacial score (nSPS) is 7.47. The molecule has 0 saturated carbocycles. The maximum Gasteiger partial charge on any atom is 2.00 e. The molecule has 7 nitrogen and oxygen atoms in total. The topological polar surface area (TPSA) is 136 Å². The molecule has 0 unspecified atom stereocenters. The summed E-state index contributed by atoms with van der Waals surface area (Å²) in [4.78, 5) is 0. The fraction of sp³-hybridized carbons (Fsp3) is 0.800. The average molecular weight is 502 g/mol. The number of hydrogen-bond donors (Lipinski definition) is 5. The molecule has 7 N–H and O–H groups in total. The van der Waals surface area contributed by atoms with Crippen LogP contribution >= 0.6 is 0 Å². The molecule has 0 aromatic heterocycles. The number of hydrogen-bond acceptors (Lipinski definition) is 7. The van der Waals surface area contributed by atoms with Crippen molar-refractivity contribution in [2.24, 2.45) is 11.5 Å². The fourth-order valence-electron chi connectivity index (χ4n) is 0.933. The predicted molar refractivity (Wildman–Crippen MR) is 66.7 cm³/mol. The van der Waals surface area contributed by atoms with Gasteiger partial charge in [0.25, 0.3) is 0 Å². The first-order valence-electron chi connectivity index (χ1n) is 5.39. The van der Waals surface area contributed by atoms with E-state index < -0.39 is 0 Å². The van der Waals surface area contributed by atoms with Gasteiger partial charge in [-0.15, -0.1) is 0 Å². The summed E-state index contributed by atoms with van der Waals surface area (Å²) in [5, 5.41) is 22.2. The third kappa shape index (κ3) is 46.0. The fourth-order valence-corrected chi connectivity index (χ4v) is 0.933. The van der Waals surface area contributed by atoms with Gasteiger partial charge in [0.1, 0.15) is 0 Å². The first kappa shape index (κ1) is 31.4. The van der Waals surface area contributed by atoms with Gasteiger partial charge in [-0.1, -0.05) is 0 Å². The number of nitrogens with zero attached hydrogens (tertiary/aromatic N) is 2. The third-order valence-corrected chi connectivity index (χ3v) is 1.60. The molecule has 0 amide bonds. The van der Waals surface area contributed by atoms with E-state index >= 15 is 0 Å². The second-order valence-corrected chi connectivity index (χ2v) is 2.83. The van der Waals surface area contributed by atoms with E-state index in [-0.39, 0.29) is 39.4 Å². The van der Waals surface area contributed by atoms with Gasteiger partial charge in [-0.3, -0.25) is 0 Å². The zero-order chi connectivity index (χ0) is 13.8. The van der Waals surface area contributed by atoms with E-state index in [0.29, 0.717) is 13.1 Å². The van der Waals surface area contributed by atoms with Gasteiger partial charge in [0.15, 0.2) is 0 Å². The second kappa shape index (κ2) is 43.0. The number of nitrogens with two attached hydrogens (primary N) is 2. The molecule has 9 heteroatoms. The SMILES string of the molecule is NCCNCCNCCNCCN.[Au+].[C-]#N.[C-]#N.[Cu+2]. The molecule has 19 heavy (non-hydrogen) atoms. The van der Waals surface area contributed by atoms with E-state index in [2.05, 4.69) is 16.0 Å². The van der Waals surface area contributed by atoms with Crippen molar-refractivity contribution in [3.8, 4) is 0 Å². The van der Waals surface area contributed by atoms with E-state index in [0.717, 1.165) is 39.3 Å². The van der Waals surface area contributed by atoms with E-state index in [4.69, 9.17) is 35.1 Å². The van der Waals surface area contributed by atoms with Crippen LogP contribution in [0.3, 0.4) is 0 Å². The number of rotatable bonds is 10. The monoisotopic (exact) mass is 501 g/mol. The second-order valence-electron chi connectivity index (χ2n) is 2.83. The van der Waals surface area contributed by atoms with Crippen LogP contribution in [-0.4, -0.2) is 52.4 Å². The maximum atomic E-state index is 6.25. The third-order valence-electron chi connectivity index (χ3n) is 1.60. The van der Waals surface area contributed by atoms with E-state index in [1.807, 2.05) is 0 Å². The minimum atomic E-state index is 0. The number of nitrogens with one attached hydrogen (secondary N) is 3. The summed E-state index contributed by atoms with van der Waals surface area (Å²) in [5.74, 6) is 0. The molecular formula is C10H23AuCuN7+. The van der Waals surface area contributed by atoms with Gasteiger partial charge < -0.3 is 51.1 Å². The largest absolute Gasteiger partial charge is 2.00 e. The molecule has 0 aromatic rings. The smallest absolute Gasteiger partial charge is 0.512 e. The Labute approximate surface area is 142 Å². The van der Waals surface area contributed by atoms with Crippen molar-refractivity contribution in [2.45, 2.75) is 0 Å². The minimum absolute atomic E-state index is 0. The van der Waals surface area contributed by atoms with Gasteiger partial charge in [-0.2, -0.15) is 0 Å². The van der Waals surface area contributed by atoms with Crippen LogP contribution < -0.4 is 27.4 Å². The zero-order valence-corrected chi connectivity index (χ0v) is 13.9. The van der Waals surface area contributed by atoms with Crippen LogP contribution in [0.15, 0.2) is 0 Å². The summed E-state index contributed by atoms with van der Waals surface area (Å²) < 4.78 is 0. The van der Waals surface area contributed by atoms with Crippen molar-refractivity contribution in [1.82, 2.24) is 16.0 Å². The van der Waals surface area contributed by atoms with Crippen molar-refractivity contribution in [1.29, 1.82) is 10.5 Å². The van der Waals surface area contributed by atoms with Gasteiger partial charge in [0.2, 0.25) is 0 Å². The molecule has 0 aromatic carbocycles. The maximum absolute atomic E-state index is 6.25. The van der Waals surface area contributed by atoms with Crippen molar-refractivity contribution in [2.75, 3.05) is 52.4 Å². The molecular weight excluding hydrogens is 479 g/mol. The van der Waals surface area contributed by atoms with Crippen LogP contribution in [0.5, 0.6) is 0 Å². The van der Waals surface area contributed by atoms with Crippen LogP contribution in [-0.2, 0) is 39.4 Å². The standard InChI is InChI=1S/C8H23N5.2CN.Au.Cu/c9-1-3-11-5-7-13-8-6-12-4-2-10;2*1-2;;/h11-13H,1-10H2;;;;/q;2*-1;+1;+2. The molecule has 119 valence electrons. The van der Waals surface area contributed by atoms with E-state index in [9.17, 15) is 0 Å². The Morgan fingerprint density at radius 1 is 0.632 bits per heavy atom. The van der Waals surface area contributed by atoms with Crippen LogP contribution in [0.25, 0.3) is 0 Å². The molecule has 0 rings (SSSR count). The van der Waals surface area contributed by atoms with Crippen molar-refractivity contribution < 1.29 is 39.4 Å². The van der Waals surface area contributed by atoms with Crippen molar-refractivity contribution in [3.05, 3.63) is 13.1 Å². The molecule has 1 radical (unpaired) electrons. The quantitative estimate of drug-likeness (QED) is 0.131. The molecule has 0 aliphatic carbocycles. The van der Waals surface area contributed by atoms with Gasteiger partial charge >= 0.3 is 39.4 Å². The molecule has 0 heterocycles. The first-order valence-corrected chi connectivity index (χ1v) is 5.39. The summed E-state index contributed by atoms with van der Waals surface area (Å²) >= 11 is 0. The van der Waals surface area contributed by atoms with Crippen LogP contribution in [0.4, 0.5) is 0 Å². The Hall–Kier alpha value is 0.0397. The molecule has 0 aliphatic rings. The van der Waals surface area contributed by atoms with Gasteiger partial charge in [-0.05, 0) is 0 Å². The average Bonchev–Trinajstić information content (AvgIpc) is 2.42. The van der Waals surface area contributed by atoms with Crippen LogP contribution in [0, 0.1) is 23.7 Å². The van der Waals surface area contributed by atoms with Gasteiger partial charge in [0.05, 0.1) is 0 Å². The summed E-state index contributed by atoms with van der Waals surface area (Å²) in [6.07, 6.45) is 0. The summed E-state index contributed by atoms with van der Waals surface area (Å²) in [6.45, 7) is 16.6. The Kier molecular flexibility index (Phi) is 71.1. The molecule has 0 spiro atoms. The molecule has 0 saturated heterocycles. The Balaban J connectivity index is -0.0000000988. The van der Waals surface area contributed by atoms with Crippen molar-refractivity contribution >= 4 is 0 Å². The first-order chi connectivity index (χ1) is 8.41. The van der Waals surface area contributed by atoms with Gasteiger partial charge in [0, 0.05) is 52.4 Å². The minimum Gasteiger partial charge on any atom is -0.512 e. The summed E-state index contributed by atoms with van der Waals surface area (Å²) in [7, 11) is 0. The van der Waals surface area contributed by atoms with E-state index in [1.54, 1.807) is 0 Å².